The molecule has 1 fully saturated rings. The number of imide groups is 1. The molecule has 0 atom stereocenters. The molecule has 6 nitrogen and oxygen atoms in total. The van der Waals surface area contributed by atoms with E-state index in [1.807, 2.05) is 0 Å². The Kier molecular flexibility index (Phi) is 4.48. The lowest BCUT2D eigenvalue weighted by molar-refractivity contribution is -0.127. The average Bonchev–Trinajstić information content (AvgIpc) is 3.14. The van der Waals surface area contributed by atoms with Crippen LogP contribution in [0.1, 0.15) is 5.76 Å². The number of hydrogen-bond acceptors (Lipinski definition) is 5. The van der Waals surface area contributed by atoms with Crippen LogP contribution in [0.2, 0.25) is 0 Å². The zero-order valence-electron chi connectivity index (χ0n) is 12.2. The molecule has 8 heteroatoms. The summed E-state index contributed by atoms with van der Waals surface area (Å²) in [5, 5.41) is 1.96. The summed E-state index contributed by atoms with van der Waals surface area (Å²) in [5.41, 5.74) is 0.375. The first kappa shape index (κ1) is 16.0. The third kappa shape index (κ3) is 3.54. The van der Waals surface area contributed by atoms with Crippen molar-refractivity contribution in [3.8, 4) is 0 Å². The van der Waals surface area contributed by atoms with Crippen molar-refractivity contribution >= 4 is 40.6 Å². The molecule has 1 aliphatic rings. The van der Waals surface area contributed by atoms with Gasteiger partial charge in [-0.3, -0.25) is 19.3 Å². The number of rotatable bonds is 4. The molecule has 1 N–H and O–H groups in total. The van der Waals surface area contributed by atoms with E-state index in [9.17, 15) is 18.8 Å². The van der Waals surface area contributed by atoms with Gasteiger partial charge in [-0.1, -0.05) is 0 Å². The van der Waals surface area contributed by atoms with Gasteiger partial charge in [-0.25, -0.2) is 4.39 Å². The van der Waals surface area contributed by atoms with E-state index in [2.05, 4.69) is 5.32 Å². The van der Waals surface area contributed by atoms with Gasteiger partial charge in [-0.15, -0.1) is 0 Å². The summed E-state index contributed by atoms with van der Waals surface area (Å²) >= 11 is 0.739. The highest BCUT2D eigenvalue weighted by Crippen LogP contribution is 2.32. The molecule has 0 spiro atoms. The molecule has 24 heavy (non-hydrogen) atoms. The average molecular weight is 346 g/mol. The van der Waals surface area contributed by atoms with Gasteiger partial charge in [-0.2, -0.15) is 0 Å². The van der Waals surface area contributed by atoms with E-state index in [0.29, 0.717) is 11.4 Å². The normalized spacial score (nSPS) is 16.0. The molecule has 3 rings (SSSR count). The van der Waals surface area contributed by atoms with Gasteiger partial charge in [0, 0.05) is 11.8 Å². The largest absolute Gasteiger partial charge is 0.465 e. The molecule has 1 aromatic carbocycles. The Morgan fingerprint density at radius 1 is 1.25 bits per heavy atom. The lowest BCUT2D eigenvalue weighted by Gasteiger charge is -2.12. The molecule has 0 saturated carbocycles. The molecular formula is C16H11FN2O4S. The van der Waals surface area contributed by atoms with E-state index < -0.39 is 29.4 Å². The van der Waals surface area contributed by atoms with Crippen molar-refractivity contribution in [1.82, 2.24) is 4.90 Å². The van der Waals surface area contributed by atoms with Gasteiger partial charge < -0.3 is 9.73 Å². The van der Waals surface area contributed by atoms with Crippen LogP contribution in [-0.2, 0) is 9.59 Å². The van der Waals surface area contributed by atoms with E-state index in [4.69, 9.17) is 4.42 Å². The van der Waals surface area contributed by atoms with Crippen LogP contribution in [0.25, 0.3) is 6.08 Å². The molecule has 0 aliphatic carbocycles. The molecule has 0 bridgehead atoms. The monoisotopic (exact) mass is 346 g/mol. The van der Waals surface area contributed by atoms with Gasteiger partial charge in [0.25, 0.3) is 11.1 Å². The zero-order chi connectivity index (χ0) is 17.1. The SMILES string of the molecule is O=C(CN1C(=O)S/C(=C/c2ccco2)C1=O)Nc1ccc(F)cc1. The third-order valence-corrected chi connectivity index (χ3v) is 4.03. The number of anilines is 1. The minimum atomic E-state index is -0.560. The minimum Gasteiger partial charge on any atom is -0.465 e. The number of carbonyl (C=O) groups is 3. The van der Waals surface area contributed by atoms with Gasteiger partial charge in [0.15, 0.2) is 0 Å². The second-order valence-corrected chi connectivity index (χ2v) is 5.83. The van der Waals surface area contributed by atoms with E-state index in [1.165, 1.54) is 36.6 Å². The summed E-state index contributed by atoms with van der Waals surface area (Å²) in [5.74, 6) is -1.10. The maximum Gasteiger partial charge on any atom is 0.294 e. The van der Waals surface area contributed by atoms with Crippen LogP contribution in [-0.4, -0.2) is 28.5 Å². The molecule has 2 heterocycles. The molecule has 1 saturated heterocycles. The van der Waals surface area contributed by atoms with Crippen molar-refractivity contribution in [3.05, 3.63) is 59.1 Å². The topological polar surface area (TPSA) is 79.6 Å². The highest BCUT2D eigenvalue weighted by atomic mass is 32.2. The number of thioether (sulfide) groups is 1. The number of nitrogens with zero attached hydrogens (tertiary/aromatic N) is 1. The lowest BCUT2D eigenvalue weighted by Crippen LogP contribution is -2.36. The van der Waals surface area contributed by atoms with Crippen LogP contribution >= 0.6 is 11.8 Å². The number of benzene rings is 1. The zero-order valence-corrected chi connectivity index (χ0v) is 13.0. The quantitative estimate of drug-likeness (QED) is 0.861. The summed E-state index contributed by atoms with van der Waals surface area (Å²) < 4.78 is 17.9. The molecule has 0 radical (unpaired) electrons. The molecular weight excluding hydrogens is 335 g/mol. The van der Waals surface area contributed by atoms with Crippen molar-refractivity contribution in [2.75, 3.05) is 11.9 Å². The van der Waals surface area contributed by atoms with E-state index in [0.717, 1.165) is 16.7 Å². The van der Waals surface area contributed by atoms with Gasteiger partial charge in [0.1, 0.15) is 18.1 Å². The van der Waals surface area contributed by atoms with Crippen LogP contribution in [0.3, 0.4) is 0 Å². The lowest BCUT2D eigenvalue weighted by atomic mass is 10.3. The second-order valence-electron chi connectivity index (χ2n) is 4.84. The Hall–Kier alpha value is -2.87. The number of amides is 3. The fraction of sp³-hybridized carbons (Fsp3) is 0.0625. The molecule has 0 unspecified atom stereocenters. The highest BCUT2D eigenvalue weighted by molar-refractivity contribution is 8.18. The maximum atomic E-state index is 12.8. The van der Waals surface area contributed by atoms with Crippen LogP contribution in [0.5, 0.6) is 0 Å². The fourth-order valence-electron chi connectivity index (χ4n) is 2.02. The predicted octanol–water partition coefficient (Wildman–Crippen LogP) is 3.09. The number of nitrogens with one attached hydrogen (secondary N) is 1. The third-order valence-electron chi connectivity index (χ3n) is 3.12. The smallest absolute Gasteiger partial charge is 0.294 e. The molecule has 1 aromatic heterocycles. The summed E-state index contributed by atoms with van der Waals surface area (Å²) in [6.45, 7) is -0.419. The van der Waals surface area contributed by atoms with Gasteiger partial charge in [0.05, 0.1) is 11.2 Å². The highest BCUT2D eigenvalue weighted by Gasteiger charge is 2.36. The Morgan fingerprint density at radius 3 is 2.67 bits per heavy atom. The summed E-state index contributed by atoms with van der Waals surface area (Å²) in [6, 6.07) is 8.47. The van der Waals surface area contributed by atoms with E-state index in [1.54, 1.807) is 12.1 Å². The molecule has 122 valence electrons. The van der Waals surface area contributed by atoms with E-state index >= 15 is 0 Å². The number of carbonyl (C=O) groups excluding carboxylic acids is 3. The summed E-state index contributed by atoms with van der Waals surface area (Å²) in [6.07, 6.45) is 2.90. The predicted molar refractivity (Wildman–Crippen MR) is 86.4 cm³/mol. The second kappa shape index (κ2) is 6.71. The van der Waals surface area contributed by atoms with Crippen molar-refractivity contribution in [3.63, 3.8) is 0 Å². The first-order valence-electron chi connectivity index (χ1n) is 6.87. The fourth-order valence-corrected chi connectivity index (χ4v) is 2.83. The molecule has 2 aromatic rings. The van der Waals surface area contributed by atoms with Crippen molar-refractivity contribution in [2.24, 2.45) is 0 Å². The first-order valence-corrected chi connectivity index (χ1v) is 7.69. The van der Waals surface area contributed by atoms with Crippen LogP contribution in [0.15, 0.2) is 52.0 Å². The Labute approximate surface area is 140 Å². The van der Waals surface area contributed by atoms with Crippen molar-refractivity contribution in [2.45, 2.75) is 0 Å². The molecule has 1 aliphatic heterocycles. The first-order chi connectivity index (χ1) is 11.5. The summed E-state index contributed by atoms with van der Waals surface area (Å²) in [4.78, 5) is 37.1. The Morgan fingerprint density at radius 2 is 2.00 bits per heavy atom. The van der Waals surface area contributed by atoms with Gasteiger partial charge in [-0.05, 0) is 48.2 Å². The van der Waals surface area contributed by atoms with Gasteiger partial charge >= 0.3 is 0 Å². The Balaban J connectivity index is 1.66. The number of halogens is 1. The Bertz CT molecular complexity index is 815. The van der Waals surface area contributed by atoms with Crippen LogP contribution < -0.4 is 5.32 Å². The van der Waals surface area contributed by atoms with Crippen LogP contribution in [0.4, 0.5) is 14.9 Å². The standard InChI is InChI=1S/C16H11FN2O4S/c17-10-3-5-11(6-4-10)18-14(20)9-19-15(21)13(24-16(19)22)8-12-2-1-7-23-12/h1-8H,9H2,(H,18,20)/b13-8+. The molecule has 3 amide bonds. The maximum absolute atomic E-state index is 12.8. The van der Waals surface area contributed by atoms with Crippen molar-refractivity contribution in [1.29, 1.82) is 0 Å². The number of hydrogen-bond donors (Lipinski definition) is 1. The number of furan rings is 1. The summed E-state index contributed by atoms with van der Waals surface area (Å²) in [7, 11) is 0. The van der Waals surface area contributed by atoms with E-state index in [-0.39, 0.29) is 4.91 Å². The van der Waals surface area contributed by atoms with Gasteiger partial charge in [0.2, 0.25) is 5.91 Å². The van der Waals surface area contributed by atoms with Crippen molar-refractivity contribution < 1.29 is 23.2 Å². The minimum absolute atomic E-state index is 0.185. The van der Waals surface area contributed by atoms with Crippen LogP contribution in [0, 0.1) is 5.82 Å².